The minimum absolute atomic E-state index is 0.0426. The van der Waals surface area contributed by atoms with Crippen molar-refractivity contribution in [2.75, 3.05) is 11.1 Å². The van der Waals surface area contributed by atoms with Crippen LogP contribution in [0.5, 0.6) is 0 Å². The Bertz CT molecular complexity index is 1090. The number of nitrogens with zero attached hydrogens (tertiary/aromatic N) is 3. The van der Waals surface area contributed by atoms with Gasteiger partial charge in [0.1, 0.15) is 0 Å². The molecule has 7 heteroatoms. The molecular formula is C24H28N4OS2. The molecule has 1 aromatic carbocycles. The van der Waals surface area contributed by atoms with Crippen molar-refractivity contribution in [1.29, 1.82) is 0 Å². The zero-order chi connectivity index (χ0) is 22.0. The SMILES string of the molecule is C=CCn1c(SCC(=O)Nc2c(C)cccc2C)nnc1-c1csc2c1CCC(C)C2. The lowest BCUT2D eigenvalue weighted by atomic mass is 9.88. The number of aryl methyl sites for hydroxylation is 2. The molecule has 1 atom stereocenters. The summed E-state index contributed by atoms with van der Waals surface area (Å²) >= 11 is 3.25. The number of rotatable bonds is 7. The van der Waals surface area contributed by atoms with E-state index < -0.39 is 0 Å². The topological polar surface area (TPSA) is 59.8 Å². The Morgan fingerprint density at radius 1 is 1.35 bits per heavy atom. The van der Waals surface area contributed by atoms with Crippen molar-refractivity contribution in [2.24, 2.45) is 5.92 Å². The highest BCUT2D eigenvalue weighted by molar-refractivity contribution is 7.99. The van der Waals surface area contributed by atoms with Gasteiger partial charge < -0.3 is 5.32 Å². The number of benzene rings is 1. The van der Waals surface area contributed by atoms with Crippen LogP contribution in [0.1, 0.15) is 34.9 Å². The summed E-state index contributed by atoms with van der Waals surface area (Å²) in [6, 6.07) is 6.01. The van der Waals surface area contributed by atoms with Gasteiger partial charge in [-0.15, -0.1) is 28.1 Å². The second-order valence-electron chi connectivity index (χ2n) is 8.21. The maximum Gasteiger partial charge on any atom is 0.234 e. The van der Waals surface area contributed by atoms with E-state index in [1.165, 1.54) is 34.2 Å². The van der Waals surface area contributed by atoms with Crippen LogP contribution in [-0.4, -0.2) is 26.4 Å². The first-order valence-corrected chi connectivity index (χ1v) is 12.5. The van der Waals surface area contributed by atoms with Crippen molar-refractivity contribution < 1.29 is 4.79 Å². The number of amides is 1. The van der Waals surface area contributed by atoms with Crippen LogP contribution < -0.4 is 5.32 Å². The van der Waals surface area contributed by atoms with E-state index in [-0.39, 0.29) is 11.7 Å². The smallest absolute Gasteiger partial charge is 0.234 e. The quantitative estimate of drug-likeness (QED) is 0.371. The van der Waals surface area contributed by atoms with Crippen LogP contribution in [0.2, 0.25) is 0 Å². The summed E-state index contributed by atoms with van der Waals surface area (Å²) in [5.74, 6) is 1.86. The molecule has 1 amide bonds. The Morgan fingerprint density at radius 3 is 2.87 bits per heavy atom. The number of anilines is 1. The van der Waals surface area contributed by atoms with Crippen molar-refractivity contribution in [3.8, 4) is 11.4 Å². The molecule has 0 radical (unpaired) electrons. The number of thiophene rings is 1. The summed E-state index contributed by atoms with van der Waals surface area (Å²) in [4.78, 5) is 14.1. The monoisotopic (exact) mass is 452 g/mol. The van der Waals surface area contributed by atoms with Gasteiger partial charge in [-0.2, -0.15) is 0 Å². The predicted octanol–water partition coefficient (Wildman–Crippen LogP) is 5.67. The fourth-order valence-electron chi connectivity index (χ4n) is 4.07. The molecule has 4 rings (SSSR count). The van der Waals surface area contributed by atoms with Crippen LogP contribution >= 0.6 is 23.1 Å². The molecule has 1 aliphatic rings. The number of carbonyl (C=O) groups excluding carboxylic acids is 1. The van der Waals surface area contributed by atoms with Crippen molar-refractivity contribution in [3.05, 3.63) is 57.8 Å². The molecule has 0 aliphatic heterocycles. The number of fused-ring (bicyclic) bond motifs is 1. The fourth-order valence-corrected chi connectivity index (χ4v) is 6.06. The summed E-state index contributed by atoms with van der Waals surface area (Å²) in [7, 11) is 0. The van der Waals surface area contributed by atoms with Gasteiger partial charge in [0.25, 0.3) is 0 Å². The van der Waals surface area contributed by atoms with Crippen LogP contribution in [0.4, 0.5) is 5.69 Å². The molecule has 0 fully saturated rings. The molecule has 0 saturated carbocycles. The summed E-state index contributed by atoms with van der Waals surface area (Å²) in [5, 5.41) is 14.9. The standard InChI is InChI=1S/C24H28N4OS2/c1-5-11-28-23(19-13-30-20-12-15(2)9-10-18(19)20)26-27-24(28)31-14-21(29)25-22-16(3)7-6-8-17(22)4/h5-8,13,15H,1,9-12,14H2,2-4H3,(H,25,29). The highest BCUT2D eigenvalue weighted by Gasteiger charge is 2.24. The van der Waals surface area contributed by atoms with Crippen LogP contribution in [0.15, 0.2) is 41.4 Å². The first-order chi connectivity index (χ1) is 15.0. The number of hydrogen-bond donors (Lipinski definition) is 1. The lowest BCUT2D eigenvalue weighted by Crippen LogP contribution is -2.16. The van der Waals surface area contributed by atoms with Gasteiger partial charge in [0.15, 0.2) is 11.0 Å². The molecule has 162 valence electrons. The summed E-state index contributed by atoms with van der Waals surface area (Å²) < 4.78 is 2.07. The van der Waals surface area contributed by atoms with Gasteiger partial charge in [0, 0.05) is 28.1 Å². The van der Waals surface area contributed by atoms with E-state index in [9.17, 15) is 4.79 Å². The molecule has 3 aromatic rings. The van der Waals surface area contributed by atoms with Crippen molar-refractivity contribution in [3.63, 3.8) is 0 Å². The molecular weight excluding hydrogens is 424 g/mol. The number of nitrogens with one attached hydrogen (secondary N) is 1. The lowest BCUT2D eigenvalue weighted by molar-refractivity contribution is -0.113. The molecule has 0 saturated heterocycles. The Hall–Kier alpha value is -2.38. The van der Waals surface area contributed by atoms with Crippen molar-refractivity contribution >= 4 is 34.7 Å². The van der Waals surface area contributed by atoms with Gasteiger partial charge in [0.2, 0.25) is 5.91 Å². The summed E-state index contributed by atoms with van der Waals surface area (Å²) in [6.45, 7) is 10.9. The van der Waals surface area contributed by atoms with Gasteiger partial charge in [-0.3, -0.25) is 9.36 Å². The minimum atomic E-state index is -0.0426. The molecule has 31 heavy (non-hydrogen) atoms. The average Bonchev–Trinajstić information content (AvgIpc) is 3.33. The van der Waals surface area contributed by atoms with Crippen LogP contribution in [0.25, 0.3) is 11.4 Å². The third-order valence-electron chi connectivity index (χ3n) is 5.75. The number of allylic oxidation sites excluding steroid dienone is 1. The highest BCUT2D eigenvalue weighted by Crippen LogP contribution is 2.38. The van der Waals surface area contributed by atoms with Gasteiger partial charge in [0.05, 0.1) is 5.75 Å². The molecule has 2 heterocycles. The number of aromatic nitrogens is 3. The predicted molar refractivity (Wildman–Crippen MR) is 130 cm³/mol. The minimum Gasteiger partial charge on any atom is -0.325 e. The third-order valence-corrected chi connectivity index (χ3v) is 7.77. The van der Waals surface area contributed by atoms with E-state index in [0.29, 0.717) is 6.54 Å². The number of para-hydroxylation sites is 1. The first kappa shape index (κ1) is 21.8. The zero-order valence-electron chi connectivity index (χ0n) is 18.3. The maximum absolute atomic E-state index is 12.6. The summed E-state index contributed by atoms with van der Waals surface area (Å²) in [5.41, 5.74) is 5.62. The van der Waals surface area contributed by atoms with E-state index in [1.807, 2.05) is 49.5 Å². The van der Waals surface area contributed by atoms with Crippen molar-refractivity contribution in [2.45, 2.75) is 51.7 Å². The number of carbonyl (C=O) groups is 1. The lowest BCUT2D eigenvalue weighted by Gasteiger charge is -2.19. The highest BCUT2D eigenvalue weighted by atomic mass is 32.2. The Labute approximate surface area is 192 Å². The van der Waals surface area contributed by atoms with E-state index in [2.05, 4.69) is 39.0 Å². The number of thioether (sulfide) groups is 1. The Morgan fingerprint density at radius 2 is 2.13 bits per heavy atom. The van der Waals surface area contributed by atoms with Crippen molar-refractivity contribution in [1.82, 2.24) is 14.8 Å². The average molecular weight is 453 g/mol. The van der Waals surface area contributed by atoms with E-state index >= 15 is 0 Å². The number of hydrogen-bond acceptors (Lipinski definition) is 5. The molecule has 1 aliphatic carbocycles. The van der Waals surface area contributed by atoms with E-state index in [0.717, 1.165) is 46.6 Å². The van der Waals surface area contributed by atoms with Gasteiger partial charge in [-0.25, -0.2) is 0 Å². The zero-order valence-corrected chi connectivity index (χ0v) is 19.9. The Balaban J connectivity index is 1.52. The largest absolute Gasteiger partial charge is 0.325 e. The van der Waals surface area contributed by atoms with Gasteiger partial charge in [-0.05, 0) is 55.7 Å². The van der Waals surface area contributed by atoms with Crippen LogP contribution in [0.3, 0.4) is 0 Å². The molecule has 5 nitrogen and oxygen atoms in total. The molecule has 2 aromatic heterocycles. The van der Waals surface area contributed by atoms with Crippen LogP contribution in [0, 0.1) is 19.8 Å². The van der Waals surface area contributed by atoms with Crippen LogP contribution in [-0.2, 0) is 24.2 Å². The normalized spacial score (nSPS) is 15.5. The fraction of sp³-hybridized carbons (Fsp3) is 0.375. The first-order valence-electron chi connectivity index (χ1n) is 10.6. The molecule has 0 spiro atoms. The molecule has 0 bridgehead atoms. The molecule has 1 unspecified atom stereocenters. The second-order valence-corrected chi connectivity index (χ2v) is 10.1. The Kier molecular flexibility index (Phi) is 6.62. The van der Waals surface area contributed by atoms with E-state index in [4.69, 9.17) is 0 Å². The molecule has 1 N–H and O–H groups in total. The van der Waals surface area contributed by atoms with Gasteiger partial charge >= 0.3 is 0 Å². The maximum atomic E-state index is 12.6. The second kappa shape index (κ2) is 9.40. The van der Waals surface area contributed by atoms with E-state index in [1.54, 1.807) is 0 Å². The summed E-state index contributed by atoms with van der Waals surface area (Å²) in [6.07, 6.45) is 5.31. The third kappa shape index (κ3) is 4.62. The van der Waals surface area contributed by atoms with Gasteiger partial charge in [-0.1, -0.05) is 43.0 Å².